The van der Waals surface area contributed by atoms with Crippen molar-refractivity contribution in [1.82, 2.24) is 20.2 Å². The topological polar surface area (TPSA) is 72.7 Å². The summed E-state index contributed by atoms with van der Waals surface area (Å²) in [6.45, 7) is 4.62. The molecule has 1 unspecified atom stereocenters. The van der Waals surface area contributed by atoms with Crippen molar-refractivity contribution in [2.24, 2.45) is 4.99 Å². The average Bonchev–Trinajstić information content (AvgIpc) is 3.18. The molecule has 1 atom stereocenters. The maximum Gasteiger partial charge on any atom is 0.191 e. The lowest BCUT2D eigenvalue weighted by Gasteiger charge is -2.27. The van der Waals surface area contributed by atoms with Crippen molar-refractivity contribution in [2.75, 3.05) is 20.2 Å². The van der Waals surface area contributed by atoms with Crippen LogP contribution in [0.2, 0.25) is 0 Å². The third-order valence-corrected chi connectivity index (χ3v) is 5.02. The quantitative estimate of drug-likeness (QED) is 0.289. The number of guanidine groups is 1. The molecule has 7 nitrogen and oxygen atoms in total. The van der Waals surface area contributed by atoms with E-state index in [0.717, 1.165) is 29.8 Å². The molecule has 4 rings (SSSR count). The van der Waals surface area contributed by atoms with E-state index in [2.05, 4.69) is 49.4 Å². The van der Waals surface area contributed by atoms with Crippen molar-refractivity contribution in [3.8, 4) is 11.5 Å². The summed E-state index contributed by atoms with van der Waals surface area (Å²) in [4.78, 5) is 8.60. The summed E-state index contributed by atoms with van der Waals surface area (Å²) < 4.78 is 13.9. The number of benzene rings is 2. The molecule has 0 saturated heterocycles. The molecule has 31 heavy (non-hydrogen) atoms. The number of hydrogen-bond acceptors (Lipinski definition) is 4. The van der Waals surface area contributed by atoms with Gasteiger partial charge in [-0.25, -0.2) is 4.98 Å². The van der Waals surface area contributed by atoms with Crippen molar-refractivity contribution < 1.29 is 9.47 Å². The van der Waals surface area contributed by atoms with Crippen LogP contribution < -0.4 is 20.1 Å². The predicted molar refractivity (Wildman–Crippen MR) is 132 cm³/mol. The number of para-hydroxylation sites is 2. The van der Waals surface area contributed by atoms with Gasteiger partial charge in [0.2, 0.25) is 0 Å². The van der Waals surface area contributed by atoms with Gasteiger partial charge in [0, 0.05) is 32.5 Å². The Hall–Kier alpha value is -2.75. The molecule has 1 aromatic heterocycles. The third kappa shape index (κ3) is 6.13. The van der Waals surface area contributed by atoms with Crippen LogP contribution >= 0.6 is 24.0 Å². The highest BCUT2D eigenvalue weighted by atomic mass is 127. The van der Waals surface area contributed by atoms with Crippen molar-refractivity contribution in [1.29, 1.82) is 0 Å². The van der Waals surface area contributed by atoms with E-state index >= 15 is 0 Å². The van der Waals surface area contributed by atoms with Gasteiger partial charge in [0.1, 0.15) is 18.5 Å². The number of nitrogens with zero attached hydrogens (tertiary/aromatic N) is 3. The zero-order valence-corrected chi connectivity index (χ0v) is 20.1. The van der Waals surface area contributed by atoms with E-state index in [-0.39, 0.29) is 30.1 Å². The fraction of sp³-hybridized carbons (Fsp3) is 0.304. The predicted octanol–water partition coefficient (Wildman–Crippen LogP) is 3.36. The van der Waals surface area contributed by atoms with Gasteiger partial charge in [-0.3, -0.25) is 4.99 Å². The third-order valence-electron chi connectivity index (χ3n) is 5.02. The minimum atomic E-state index is -0.0693. The molecule has 0 amide bonds. The van der Waals surface area contributed by atoms with Crippen molar-refractivity contribution in [2.45, 2.75) is 26.1 Å². The van der Waals surface area contributed by atoms with Gasteiger partial charge in [0.25, 0.3) is 0 Å². The molecule has 0 bridgehead atoms. The molecule has 0 fully saturated rings. The van der Waals surface area contributed by atoms with Crippen LogP contribution in [0.3, 0.4) is 0 Å². The van der Waals surface area contributed by atoms with Gasteiger partial charge in [-0.1, -0.05) is 36.4 Å². The summed E-state index contributed by atoms with van der Waals surface area (Å²) >= 11 is 0. The second-order valence-corrected chi connectivity index (χ2v) is 7.23. The van der Waals surface area contributed by atoms with Crippen LogP contribution in [0.15, 0.2) is 65.9 Å². The zero-order valence-electron chi connectivity index (χ0n) is 17.7. The summed E-state index contributed by atoms with van der Waals surface area (Å²) in [6, 6.07) is 16.3. The number of nitrogens with one attached hydrogen (secondary N) is 2. The molecular weight excluding hydrogens is 505 g/mol. The molecule has 0 saturated carbocycles. The summed E-state index contributed by atoms with van der Waals surface area (Å²) in [6.07, 6.45) is 3.76. The van der Waals surface area contributed by atoms with Crippen LogP contribution in [0.25, 0.3) is 0 Å². The lowest BCUT2D eigenvalue weighted by molar-refractivity contribution is 0.0936. The number of halogens is 1. The van der Waals surface area contributed by atoms with Crippen molar-refractivity contribution in [3.05, 3.63) is 77.9 Å². The highest BCUT2D eigenvalue weighted by molar-refractivity contribution is 14.0. The Labute approximate surface area is 199 Å². The van der Waals surface area contributed by atoms with E-state index < -0.39 is 0 Å². The fourth-order valence-corrected chi connectivity index (χ4v) is 3.39. The van der Waals surface area contributed by atoms with E-state index in [0.29, 0.717) is 19.7 Å². The number of ether oxygens (including phenoxy) is 2. The Balaban J connectivity index is 0.00000272. The Kier molecular flexibility index (Phi) is 8.16. The molecular formula is C23H28IN5O2. The first kappa shape index (κ1) is 22.9. The number of rotatable bonds is 6. The maximum absolute atomic E-state index is 5.99. The first-order valence-electron chi connectivity index (χ1n) is 10.1. The normalized spacial score (nSPS) is 15.2. The van der Waals surface area contributed by atoms with E-state index in [1.165, 1.54) is 11.1 Å². The molecule has 0 spiro atoms. The van der Waals surface area contributed by atoms with Gasteiger partial charge >= 0.3 is 0 Å². The minimum absolute atomic E-state index is 0. The zero-order chi connectivity index (χ0) is 20.8. The number of imidazole rings is 1. The van der Waals surface area contributed by atoms with Gasteiger partial charge in [-0.15, -0.1) is 24.0 Å². The number of aryl methyl sites for hydroxylation is 1. The summed E-state index contributed by atoms with van der Waals surface area (Å²) in [5, 5.41) is 6.69. The molecule has 3 aromatic rings. The van der Waals surface area contributed by atoms with Crippen LogP contribution in [-0.2, 0) is 13.1 Å². The lowest BCUT2D eigenvalue weighted by Crippen LogP contribution is -2.45. The van der Waals surface area contributed by atoms with Crippen LogP contribution in [0.5, 0.6) is 11.5 Å². The number of fused-ring (bicyclic) bond motifs is 1. The van der Waals surface area contributed by atoms with Gasteiger partial charge in [-0.05, 0) is 30.2 Å². The van der Waals surface area contributed by atoms with Crippen molar-refractivity contribution >= 4 is 29.9 Å². The van der Waals surface area contributed by atoms with Crippen LogP contribution in [0.1, 0.15) is 17.0 Å². The van der Waals surface area contributed by atoms with E-state index in [1.54, 1.807) is 7.05 Å². The molecule has 164 valence electrons. The standard InChI is InChI=1S/C23H27N5O2.HI/c1-17-25-10-11-28(17)15-19-7-5-6-18(12-19)13-26-23(24-2)27-14-20-16-29-21-8-3-4-9-22(21)30-20;/h3-12,20H,13-16H2,1-2H3,(H2,24,26,27);1H. The van der Waals surface area contributed by atoms with Crippen LogP contribution in [0.4, 0.5) is 0 Å². The maximum atomic E-state index is 5.99. The molecule has 2 heterocycles. The Morgan fingerprint density at radius 1 is 1.13 bits per heavy atom. The number of aliphatic imine (C=N–C) groups is 1. The van der Waals surface area contributed by atoms with E-state index in [9.17, 15) is 0 Å². The molecule has 2 aromatic carbocycles. The van der Waals surface area contributed by atoms with Gasteiger partial charge in [-0.2, -0.15) is 0 Å². The smallest absolute Gasteiger partial charge is 0.191 e. The molecule has 1 aliphatic heterocycles. The molecule has 8 heteroatoms. The molecule has 0 aliphatic carbocycles. The van der Waals surface area contributed by atoms with Crippen LogP contribution in [0, 0.1) is 6.92 Å². The summed E-state index contributed by atoms with van der Waals surface area (Å²) in [7, 11) is 1.76. The Bertz CT molecular complexity index is 1020. The summed E-state index contributed by atoms with van der Waals surface area (Å²) in [5.41, 5.74) is 2.43. The monoisotopic (exact) mass is 533 g/mol. The highest BCUT2D eigenvalue weighted by Crippen LogP contribution is 2.30. The summed E-state index contributed by atoms with van der Waals surface area (Å²) in [5.74, 6) is 3.32. The Morgan fingerprint density at radius 2 is 1.94 bits per heavy atom. The van der Waals surface area contributed by atoms with Gasteiger partial charge < -0.3 is 24.7 Å². The van der Waals surface area contributed by atoms with Gasteiger partial charge in [0.05, 0.1) is 6.54 Å². The fourth-order valence-electron chi connectivity index (χ4n) is 3.39. The molecule has 0 radical (unpaired) electrons. The van der Waals surface area contributed by atoms with Crippen molar-refractivity contribution in [3.63, 3.8) is 0 Å². The first-order valence-corrected chi connectivity index (χ1v) is 10.1. The molecule has 1 aliphatic rings. The first-order chi connectivity index (χ1) is 14.7. The minimum Gasteiger partial charge on any atom is -0.486 e. The number of hydrogen-bond donors (Lipinski definition) is 2. The molecule has 2 N–H and O–H groups in total. The van der Waals surface area contributed by atoms with E-state index in [1.807, 2.05) is 43.6 Å². The second kappa shape index (κ2) is 11.0. The number of aromatic nitrogens is 2. The average molecular weight is 533 g/mol. The van der Waals surface area contributed by atoms with E-state index in [4.69, 9.17) is 9.47 Å². The largest absolute Gasteiger partial charge is 0.486 e. The SMILES string of the molecule is CN=C(NCc1cccc(Cn2ccnc2C)c1)NCC1COc2ccccc2O1.I. The Morgan fingerprint density at radius 3 is 2.71 bits per heavy atom. The second-order valence-electron chi connectivity index (χ2n) is 7.23. The van der Waals surface area contributed by atoms with Gasteiger partial charge in [0.15, 0.2) is 17.5 Å². The van der Waals surface area contributed by atoms with Crippen LogP contribution in [-0.4, -0.2) is 41.8 Å². The highest BCUT2D eigenvalue weighted by Gasteiger charge is 2.20. The lowest BCUT2D eigenvalue weighted by atomic mass is 10.1.